The molecule has 0 radical (unpaired) electrons. The van der Waals surface area contributed by atoms with Crippen LogP contribution in [0.15, 0.2) is 24.3 Å². The van der Waals surface area contributed by atoms with Gasteiger partial charge in [0.15, 0.2) is 0 Å². The molecule has 1 aromatic carbocycles. The van der Waals surface area contributed by atoms with Crippen LogP contribution in [0.4, 0.5) is 5.69 Å². The quantitative estimate of drug-likeness (QED) is 0.607. The Morgan fingerprint density at radius 2 is 1.89 bits per heavy atom. The van der Waals surface area contributed by atoms with Gasteiger partial charge in [-0.25, -0.2) is 0 Å². The smallest absolute Gasteiger partial charge is 0.305 e. The van der Waals surface area contributed by atoms with E-state index in [0.29, 0.717) is 37.1 Å². The standard InChI is InChI=1S/C14H19NO4/c1-18-12-7-5-6-11(10-12)15-13(16)8-3-4-9-14(17)19-2/h5-7,10H,3-4,8-9H2,1-2H3,(H,15,16). The molecule has 0 atom stereocenters. The summed E-state index contributed by atoms with van der Waals surface area (Å²) in [7, 11) is 2.94. The minimum Gasteiger partial charge on any atom is -0.497 e. The van der Waals surface area contributed by atoms with Crippen molar-refractivity contribution in [1.82, 2.24) is 0 Å². The molecule has 0 bridgehead atoms. The number of carbonyl (C=O) groups excluding carboxylic acids is 2. The number of rotatable bonds is 7. The molecule has 1 rings (SSSR count). The Hall–Kier alpha value is -2.04. The highest BCUT2D eigenvalue weighted by Crippen LogP contribution is 2.17. The summed E-state index contributed by atoms with van der Waals surface area (Å²) in [5, 5.41) is 2.78. The summed E-state index contributed by atoms with van der Waals surface area (Å²) < 4.78 is 9.60. The molecule has 5 heteroatoms. The summed E-state index contributed by atoms with van der Waals surface area (Å²) in [6.45, 7) is 0. The number of benzene rings is 1. The number of hydrogen-bond acceptors (Lipinski definition) is 4. The third-order valence-corrected chi connectivity index (χ3v) is 2.62. The normalized spacial score (nSPS) is 9.79. The van der Waals surface area contributed by atoms with Crippen molar-refractivity contribution in [3.8, 4) is 5.75 Å². The molecule has 0 saturated heterocycles. The maximum Gasteiger partial charge on any atom is 0.305 e. The molecule has 0 unspecified atom stereocenters. The predicted octanol–water partition coefficient (Wildman–Crippen LogP) is 2.37. The van der Waals surface area contributed by atoms with Crippen LogP contribution in [0.1, 0.15) is 25.7 Å². The van der Waals surface area contributed by atoms with E-state index >= 15 is 0 Å². The molecule has 1 aromatic rings. The van der Waals surface area contributed by atoms with Crippen LogP contribution in [-0.4, -0.2) is 26.1 Å². The van der Waals surface area contributed by atoms with Crippen molar-refractivity contribution in [3.05, 3.63) is 24.3 Å². The average molecular weight is 265 g/mol. The summed E-state index contributed by atoms with van der Waals surface area (Å²) in [4.78, 5) is 22.5. The van der Waals surface area contributed by atoms with Crippen LogP contribution >= 0.6 is 0 Å². The van der Waals surface area contributed by atoms with Crippen molar-refractivity contribution in [2.75, 3.05) is 19.5 Å². The molecule has 0 aromatic heterocycles. The zero-order valence-corrected chi connectivity index (χ0v) is 11.3. The Morgan fingerprint density at radius 1 is 1.16 bits per heavy atom. The molecule has 1 amide bonds. The van der Waals surface area contributed by atoms with E-state index in [9.17, 15) is 9.59 Å². The van der Waals surface area contributed by atoms with Crippen LogP contribution in [0, 0.1) is 0 Å². The van der Waals surface area contributed by atoms with E-state index < -0.39 is 0 Å². The van der Waals surface area contributed by atoms with Gasteiger partial charge in [-0.05, 0) is 25.0 Å². The first-order valence-corrected chi connectivity index (χ1v) is 6.16. The fourth-order valence-electron chi connectivity index (χ4n) is 1.58. The number of ether oxygens (including phenoxy) is 2. The average Bonchev–Trinajstić information content (AvgIpc) is 2.43. The lowest BCUT2D eigenvalue weighted by molar-refractivity contribution is -0.140. The van der Waals surface area contributed by atoms with Gasteiger partial charge in [0.1, 0.15) is 5.75 Å². The van der Waals surface area contributed by atoms with Crippen LogP contribution in [0.2, 0.25) is 0 Å². The Kier molecular flexibility index (Phi) is 6.43. The van der Waals surface area contributed by atoms with Crippen LogP contribution < -0.4 is 10.1 Å². The van der Waals surface area contributed by atoms with Crippen molar-refractivity contribution < 1.29 is 19.1 Å². The zero-order valence-electron chi connectivity index (χ0n) is 11.3. The van der Waals surface area contributed by atoms with Crippen molar-refractivity contribution in [1.29, 1.82) is 0 Å². The Bertz CT molecular complexity index is 431. The maximum absolute atomic E-state index is 11.7. The Labute approximate surface area is 112 Å². The molecular formula is C14H19NO4. The summed E-state index contributed by atoms with van der Waals surface area (Å²) in [6.07, 6.45) is 2.04. The van der Waals surface area contributed by atoms with Gasteiger partial charge in [-0.2, -0.15) is 0 Å². The third-order valence-electron chi connectivity index (χ3n) is 2.62. The van der Waals surface area contributed by atoms with Crippen molar-refractivity contribution in [3.63, 3.8) is 0 Å². The van der Waals surface area contributed by atoms with E-state index in [-0.39, 0.29) is 11.9 Å². The number of carbonyl (C=O) groups is 2. The van der Waals surface area contributed by atoms with Crippen LogP contribution in [0.25, 0.3) is 0 Å². The first-order chi connectivity index (χ1) is 9.15. The van der Waals surface area contributed by atoms with Gasteiger partial charge in [0.25, 0.3) is 0 Å². The molecule has 0 aliphatic rings. The monoisotopic (exact) mass is 265 g/mol. The lowest BCUT2D eigenvalue weighted by atomic mass is 10.2. The first-order valence-electron chi connectivity index (χ1n) is 6.16. The fraction of sp³-hybridized carbons (Fsp3) is 0.429. The van der Waals surface area contributed by atoms with Crippen molar-refractivity contribution in [2.45, 2.75) is 25.7 Å². The minimum absolute atomic E-state index is 0.0712. The number of anilines is 1. The fourth-order valence-corrected chi connectivity index (χ4v) is 1.58. The number of hydrogen-bond donors (Lipinski definition) is 1. The highest BCUT2D eigenvalue weighted by molar-refractivity contribution is 5.90. The highest BCUT2D eigenvalue weighted by Gasteiger charge is 2.05. The molecule has 0 fully saturated rings. The Morgan fingerprint density at radius 3 is 2.58 bits per heavy atom. The molecule has 0 saturated carbocycles. The van der Waals surface area contributed by atoms with E-state index in [4.69, 9.17) is 4.74 Å². The zero-order chi connectivity index (χ0) is 14.1. The molecule has 0 spiro atoms. The molecular weight excluding hydrogens is 246 g/mol. The van der Waals surface area contributed by atoms with Crippen molar-refractivity contribution >= 4 is 17.6 Å². The van der Waals surface area contributed by atoms with Gasteiger partial charge in [0.05, 0.1) is 14.2 Å². The van der Waals surface area contributed by atoms with Crippen LogP contribution in [0.3, 0.4) is 0 Å². The largest absolute Gasteiger partial charge is 0.497 e. The molecule has 19 heavy (non-hydrogen) atoms. The minimum atomic E-state index is -0.242. The number of esters is 1. The van der Waals surface area contributed by atoms with Gasteiger partial charge < -0.3 is 14.8 Å². The van der Waals surface area contributed by atoms with Crippen LogP contribution in [0.5, 0.6) is 5.75 Å². The summed E-state index contributed by atoms with van der Waals surface area (Å²) >= 11 is 0. The van der Waals surface area contributed by atoms with E-state index in [1.807, 2.05) is 12.1 Å². The van der Waals surface area contributed by atoms with E-state index in [2.05, 4.69) is 10.1 Å². The topological polar surface area (TPSA) is 64.6 Å². The molecule has 5 nitrogen and oxygen atoms in total. The van der Waals surface area contributed by atoms with Gasteiger partial charge in [-0.3, -0.25) is 9.59 Å². The number of unbranched alkanes of at least 4 members (excludes halogenated alkanes) is 1. The number of amides is 1. The Balaban J connectivity index is 2.28. The van der Waals surface area contributed by atoms with E-state index in [0.717, 1.165) is 0 Å². The van der Waals surface area contributed by atoms with E-state index in [1.165, 1.54) is 7.11 Å². The first kappa shape index (κ1) is 15.0. The third kappa shape index (κ3) is 5.90. The summed E-state index contributed by atoms with van der Waals surface area (Å²) in [5.74, 6) is 0.384. The molecule has 0 aliphatic heterocycles. The highest BCUT2D eigenvalue weighted by atomic mass is 16.5. The summed E-state index contributed by atoms with van der Waals surface area (Å²) in [6, 6.07) is 7.18. The molecule has 104 valence electrons. The second-order valence-corrected chi connectivity index (χ2v) is 4.06. The molecule has 0 heterocycles. The van der Waals surface area contributed by atoms with E-state index in [1.54, 1.807) is 19.2 Å². The van der Waals surface area contributed by atoms with Gasteiger partial charge in [0.2, 0.25) is 5.91 Å². The molecule has 0 aliphatic carbocycles. The van der Waals surface area contributed by atoms with Gasteiger partial charge in [-0.15, -0.1) is 0 Å². The lowest BCUT2D eigenvalue weighted by Gasteiger charge is -2.06. The number of nitrogens with one attached hydrogen (secondary N) is 1. The lowest BCUT2D eigenvalue weighted by Crippen LogP contribution is -2.11. The van der Waals surface area contributed by atoms with Crippen LogP contribution in [-0.2, 0) is 14.3 Å². The van der Waals surface area contributed by atoms with Gasteiger partial charge >= 0.3 is 5.97 Å². The van der Waals surface area contributed by atoms with Gasteiger partial charge in [-0.1, -0.05) is 6.07 Å². The van der Waals surface area contributed by atoms with Crippen molar-refractivity contribution in [2.24, 2.45) is 0 Å². The molecule has 1 N–H and O–H groups in total. The number of methoxy groups -OCH3 is 2. The second kappa shape index (κ2) is 8.13. The SMILES string of the molecule is COC(=O)CCCCC(=O)Nc1cccc(OC)c1. The van der Waals surface area contributed by atoms with Gasteiger partial charge in [0, 0.05) is 24.6 Å². The predicted molar refractivity (Wildman–Crippen MR) is 72.1 cm³/mol. The second-order valence-electron chi connectivity index (χ2n) is 4.06. The summed E-state index contributed by atoms with van der Waals surface area (Å²) in [5.41, 5.74) is 0.706. The maximum atomic E-state index is 11.7.